The number of carbonyl (C=O) groups is 1. The molecule has 5 heteroatoms. The van der Waals surface area contributed by atoms with Crippen LogP contribution in [0, 0.1) is 11.8 Å². The first kappa shape index (κ1) is 16.4. The summed E-state index contributed by atoms with van der Waals surface area (Å²) < 4.78 is 5.16. The number of amides is 2. The Labute approximate surface area is 135 Å². The molecule has 0 radical (unpaired) electrons. The molecule has 2 aromatic rings. The van der Waals surface area contributed by atoms with Gasteiger partial charge in [-0.2, -0.15) is 5.06 Å². The minimum atomic E-state index is -0.898. The van der Waals surface area contributed by atoms with Gasteiger partial charge in [0.25, 0.3) is 0 Å². The summed E-state index contributed by atoms with van der Waals surface area (Å²) in [6.07, 6.45) is 0. The van der Waals surface area contributed by atoms with Crippen molar-refractivity contribution in [2.24, 2.45) is 5.73 Å². The third-order valence-electron chi connectivity index (χ3n) is 3.38. The van der Waals surface area contributed by atoms with E-state index < -0.39 is 12.1 Å². The molecule has 23 heavy (non-hydrogen) atoms. The van der Waals surface area contributed by atoms with Crippen molar-refractivity contribution in [2.45, 2.75) is 13.0 Å². The molecule has 2 rings (SSSR count). The van der Waals surface area contributed by atoms with Gasteiger partial charge in [-0.3, -0.25) is 5.21 Å². The first-order valence-corrected chi connectivity index (χ1v) is 7.05. The molecular weight excluding hydrogens is 292 g/mol. The van der Waals surface area contributed by atoms with E-state index in [1.165, 1.54) is 0 Å². The smallest absolute Gasteiger partial charge is 0.339 e. The van der Waals surface area contributed by atoms with E-state index >= 15 is 0 Å². The summed E-state index contributed by atoms with van der Waals surface area (Å²) in [5.41, 5.74) is 7.42. The summed E-state index contributed by atoms with van der Waals surface area (Å²) in [6, 6.07) is 13.3. The van der Waals surface area contributed by atoms with Gasteiger partial charge in [-0.25, -0.2) is 4.79 Å². The SMILES string of the molecule is COc1cccc(C#Cc2cccc(C(C)N(O)C(N)=O)c2)c1. The summed E-state index contributed by atoms with van der Waals surface area (Å²) in [5, 5.41) is 10.1. The van der Waals surface area contributed by atoms with E-state index in [9.17, 15) is 10.0 Å². The molecule has 0 aliphatic rings. The molecule has 3 N–H and O–H groups in total. The third kappa shape index (κ3) is 4.25. The highest BCUT2D eigenvalue weighted by Crippen LogP contribution is 2.19. The van der Waals surface area contributed by atoms with Gasteiger partial charge in [0, 0.05) is 11.1 Å². The van der Waals surface area contributed by atoms with Crippen molar-refractivity contribution >= 4 is 6.03 Å². The normalized spacial score (nSPS) is 11.1. The molecule has 0 saturated heterocycles. The van der Waals surface area contributed by atoms with Gasteiger partial charge in [-0.15, -0.1) is 0 Å². The molecule has 0 saturated carbocycles. The van der Waals surface area contributed by atoms with Gasteiger partial charge < -0.3 is 10.5 Å². The quantitative estimate of drug-likeness (QED) is 0.520. The van der Waals surface area contributed by atoms with Crippen molar-refractivity contribution < 1.29 is 14.7 Å². The predicted octanol–water partition coefficient (Wildman–Crippen LogP) is 2.93. The van der Waals surface area contributed by atoms with Gasteiger partial charge >= 0.3 is 6.03 Å². The van der Waals surface area contributed by atoms with Crippen LogP contribution in [0.15, 0.2) is 48.5 Å². The number of nitrogens with two attached hydrogens (primary N) is 1. The fraction of sp³-hybridized carbons (Fsp3) is 0.167. The summed E-state index contributed by atoms with van der Waals surface area (Å²) in [6.45, 7) is 1.68. The summed E-state index contributed by atoms with van der Waals surface area (Å²) in [7, 11) is 1.61. The van der Waals surface area contributed by atoms with Crippen LogP contribution in [-0.4, -0.2) is 23.4 Å². The Morgan fingerprint density at radius 2 is 1.78 bits per heavy atom. The molecule has 0 aliphatic carbocycles. The number of urea groups is 1. The Kier molecular flexibility index (Phi) is 5.23. The fourth-order valence-corrected chi connectivity index (χ4v) is 2.05. The van der Waals surface area contributed by atoms with Gasteiger partial charge in [0.15, 0.2) is 0 Å². The van der Waals surface area contributed by atoms with Crippen LogP contribution < -0.4 is 10.5 Å². The molecule has 5 nitrogen and oxygen atoms in total. The highest BCUT2D eigenvalue weighted by atomic mass is 16.5. The first-order chi connectivity index (χ1) is 11.0. The Morgan fingerprint density at radius 1 is 1.17 bits per heavy atom. The minimum absolute atomic E-state index is 0.495. The Hall–Kier alpha value is -2.97. The Bertz CT molecular complexity index is 762. The molecule has 118 valence electrons. The van der Waals surface area contributed by atoms with Crippen LogP contribution in [0.2, 0.25) is 0 Å². The highest BCUT2D eigenvalue weighted by molar-refractivity contribution is 5.71. The maximum Gasteiger partial charge on any atom is 0.339 e. The summed E-state index contributed by atoms with van der Waals surface area (Å²) in [5.74, 6) is 6.86. The van der Waals surface area contributed by atoms with Gasteiger partial charge in [0.05, 0.1) is 13.2 Å². The molecule has 0 aromatic heterocycles. The van der Waals surface area contributed by atoms with Crippen LogP contribution in [0.4, 0.5) is 4.79 Å². The van der Waals surface area contributed by atoms with Crippen LogP contribution in [-0.2, 0) is 0 Å². The van der Waals surface area contributed by atoms with Crippen LogP contribution in [0.3, 0.4) is 0 Å². The number of ether oxygens (including phenoxy) is 1. The van der Waals surface area contributed by atoms with E-state index in [4.69, 9.17) is 10.5 Å². The molecule has 0 bridgehead atoms. The van der Waals surface area contributed by atoms with Crippen LogP contribution in [0.1, 0.15) is 29.7 Å². The monoisotopic (exact) mass is 310 g/mol. The Morgan fingerprint density at radius 3 is 2.39 bits per heavy atom. The maximum absolute atomic E-state index is 11.0. The van der Waals surface area contributed by atoms with E-state index in [2.05, 4.69) is 11.8 Å². The number of hydroxylamine groups is 2. The molecule has 2 amide bonds. The van der Waals surface area contributed by atoms with Crippen LogP contribution in [0.25, 0.3) is 0 Å². The first-order valence-electron chi connectivity index (χ1n) is 7.05. The lowest BCUT2D eigenvalue weighted by Crippen LogP contribution is -2.34. The van der Waals surface area contributed by atoms with Crippen molar-refractivity contribution in [2.75, 3.05) is 7.11 Å². The van der Waals surface area contributed by atoms with E-state index in [1.54, 1.807) is 20.1 Å². The fourth-order valence-electron chi connectivity index (χ4n) is 2.05. The molecule has 0 spiro atoms. The lowest BCUT2D eigenvalue weighted by Gasteiger charge is -2.20. The number of hydrogen-bond acceptors (Lipinski definition) is 3. The number of primary amides is 1. The number of nitrogens with zero attached hydrogens (tertiary/aromatic N) is 1. The van der Waals surface area contributed by atoms with E-state index in [1.807, 2.05) is 42.5 Å². The maximum atomic E-state index is 11.0. The van der Waals surface area contributed by atoms with Crippen LogP contribution >= 0.6 is 0 Å². The molecular formula is C18H18N2O3. The molecule has 1 atom stereocenters. The summed E-state index contributed by atoms with van der Waals surface area (Å²) >= 11 is 0. The molecule has 0 aliphatic heterocycles. The van der Waals surface area contributed by atoms with E-state index in [-0.39, 0.29) is 0 Å². The minimum Gasteiger partial charge on any atom is -0.497 e. The second-order valence-electron chi connectivity index (χ2n) is 4.97. The average molecular weight is 310 g/mol. The van der Waals surface area contributed by atoms with Crippen molar-refractivity contribution in [3.8, 4) is 17.6 Å². The van der Waals surface area contributed by atoms with E-state index in [0.29, 0.717) is 5.06 Å². The molecule has 0 heterocycles. The average Bonchev–Trinajstić information content (AvgIpc) is 2.59. The lowest BCUT2D eigenvalue weighted by molar-refractivity contribution is -0.0710. The zero-order valence-corrected chi connectivity index (χ0v) is 13.0. The largest absolute Gasteiger partial charge is 0.497 e. The molecule has 0 fully saturated rings. The van der Waals surface area contributed by atoms with Gasteiger partial charge in [-0.1, -0.05) is 30.0 Å². The van der Waals surface area contributed by atoms with Crippen molar-refractivity contribution in [1.82, 2.24) is 5.06 Å². The molecule has 2 aromatic carbocycles. The van der Waals surface area contributed by atoms with Crippen molar-refractivity contribution in [1.29, 1.82) is 0 Å². The standard InChI is InChI=1S/C18H18N2O3/c1-13(20(22)18(19)21)16-7-3-5-14(11-16)9-10-15-6-4-8-17(12-15)23-2/h3-8,11-13,22H,1-2H3,(H2,19,21). The highest BCUT2D eigenvalue weighted by Gasteiger charge is 2.16. The van der Waals surface area contributed by atoms with Crippen molar-refractivity contribution in [3.05, 3.63) is 65.2 Å². The Balaban J connectivity index is 2.24. The number of benzene rings is 2. The summed E-state index contributed by atoms with van der Waals surface area (Å²) in [4.78, 5) is 11.0. The van der Waals surface area contributed by atoms with Gasteiger partial charge in [0.2, 0.25) is 0 Å². The van der Waals surface area contributed by atoms with Crippen LogP contribution in [0.5, 0.6) is 5.75 Å². The second-order valence-corrected chi connectivity index (χ2v) is 4.97. The zero-order chi connectivity index (χ0) is 16.8. The number of rotatable bonds is 3. The molecule has 1 unspecified atom stereocenters. The second kappa shape index (κ2) is 7.34. The predicted molar refractivity (Wildman–Crippen MR) is 87.0 cm³/mol. The van der Waals surface area contributed by atoms with Gasteiger partial charge in [0.1, 0.15) is 5.75 Å². The van der Waals surface area contributed by atoms with Gasteiger partial charge in [-0.05, 0) is 42.8 Å². The number of carbonyl (C=O) groups excluding carboxylic acids is 1. The van der Waals surface area contributed by atoms with E-state index in [0.717, 1.165) is 22.4 Å². The van der Waals surface area contributed by atoms with Crippen molar-refractivity contribution in [3.63, 3.8) is 0 Å². The topological polar surface area (TPSA) is 75.8 Å². The lowest BCUT2D eigenvalue weighted by atomic mass is 10.0. The number of methoxy groups -OCH3 is 1. The zero-order valence-electron chi connectivity index (χ0n) is 13.0. The number of hydrogen-bond donors (Lipinski definition) is 2. The third-order valence-corrected chi connectivity index (χ3v) is 3.38.